The minimum Gasteiger partial charge on any atom is -0.443 e. The van der Waals surface area contributed by atoms with Gasteiger partial charge >= 0.3 is 12.3 Å². The van der Waals surface area contributed by atoms with Crippen molar-refractivity contribution >= 4 is 11.8 Å². The van der Waals surface area contributed by atoms with Gasteiger partial charge in [-0.05, 0) is 63.6 Å². The molecule has 0 spiro atoms. The van der Waals surface area contributed by atoms with Crippen LogP contribution in [0.4, 0.5) is 23.7 Å². The van der Waals surface area contributed by atoms with Gasteiger partial charge in [-0.3, -0.25) is 4.90 Å². The second-order valence-corrected chi connectivity index (χ2v) is 7.08. The smallest absolute Gasteiger partial charge is 0.416 e. The Morgan fingerprint density at radius 3 is 2.42 bits per heavy atom. The predicted octanol–water partition coefficient (Wildman–Crippen LogP) is 5.35. The van der Waals surface area contributed by atoms with Gasteiger partial charge in [0, 0.05) is 6.54 Å². The lowest BCUT2D eigenvalue weighted by molar-refractivity contribution is -0.138. The number of ether oxygens (including phenoxy) is 1. The molecule has 2 rings (SSSR count). The van der Waals surface area contributed by atoms with E-state index in [0.29, 0.717) is 25.1 Å². The van der Waals surface area contributed by atoms with E-state index in [1.54, 1.807) is 33.8 Å². The second-order valence-electron chi connectivity index (χ2n) is 7.08. The Morgan fingerprint density at radius 2 is 1.88 bits per heavy atom. The highest BCUT2D eigenvalue weighted by atomic mass is 19.4. The molecule has 0 atom stereocenters. The molecule has 0 radical (unpaired) electrons. The molecule has 134 valence electrons. The summed E-state index contributed by atoms with van der Waals surface area (Å²) in [5.41, 5.74) is 0.0146. The van der Waals surface area contributed by atoms with E-state index in [9.17, 15) is 18.0 Å². The average Bonchev–Trinajstić information content (AvgIpc) is 2.64. The fourth-order valence-corrected chi connectivity index (χ4v) is 2.90. The number of carbonyl (C=O) groups is 1. The molecule has 0 N–H and O–H groups in total. The van der Waals surface area contributed by atoms with Crippen LogP contribution in [0.15, 0.2) is 12.1 Å². The van der Waals surface area contributed by atoms with Gasteiger partial charge in [0.25, 0.3) is 0 Å². The molecule has 24 heavy (non-hydrogen) atoms. The first-order valence-corrected chi connectivity index (χ1v) is 8.26. The molecular weight excluding hydrogens is 319 g/mol. The van der Waals surface area contributed by atoms with Crippen LogP contribution in [0, 0.1) is 0 Å². The summed E-state index contributed by atoms with van der Waals surface area (Å²) in [7, 11) is 0. The van der Waals surface area contributed by atoms with E-state index in [-0.39, 0.29) is 5.56 Å². The third kappa shape index (κ3) is 4.22. The number of fused-ring (bicyclic) bond motifs is 1. The Morgan fingerprint density at radius 1 is 1.21 bits per heavy atom. The molecular formula is C18H24F3NO2. The lowest BCUT2D eigenvalue weighted by atomic mass is 9.97. The molecule has 1 aromatic carbocycles. The maximum atomic E-state index is 13.4. The standard InChI is InChI=1S/C18H24F3NO2/c1-5-12-10-13-8-6-7-9-22(16(23)24-17(2,3)4)15(13)11-14(12)18(19,20)21/h10-11H,5-9H2,1-4H3. The van der Waals surface area contributed by atoms with Crippen LogP contribution < -0.4 is 4.90 Å². The van der Waals surface area contributed by atoms with Crippen LogP contribution in [0.5, 0.6) is 0 Å². The van der Waals surface area contributed by atoms with Crippen molar-refractivity contribution in [2.24, 2.45) is 0 Å². The molecule has 6 heteroatoms. The molecule has 0 unspecified atom stereocenters. The van der Waals surface area contributed by atoms with E-state index in [1.807, 2.05) is 0 Å². The van der Waals surface area contributed by atoms with Gasteiger partial charge in [-0.2, -0.15) is 13.2 Å². The van der Waals surface area contributed by atoms with Crippen LogP contribution in [-0.2, 0) is 23.8 Å². The number of nitrogens with zero attached hydrogens (tertiary/aromatic N) is 1. The van der Waals surface area contributed by atoms with Gasteiger partial charge in [-0.15, -0.1) is 0 Å². The van der Waals surface area contributed by atoms with Gasteiger partial charge in [-0.25, -0.2) is 4.79 Å². The van der Waals surface area contributed by atoms with Crippen molar-refractivity contribution in [1.29, 1.82) is 0 Å². The fraction of sp³-hybridized carbons (Fsp3) is 0.611. The van der Waals surface area contributed by atoms with E-state index >= 15 is 0 Å². The quantitative estimate of drug-likeness (QED) is 0.688. The minimum atomic E-state index is -4.44. The highest BCUT2D eigenvalue weighted by Crippen LogP contribution is 2.38. The highest BCUT2D eigenvalue weighted by molar-refractivity contribution is 5.89. The number of benzene rings is 1. The van der Waals surface area contributed by atoms with Crippen LogP contribution in [-0.4, -0.2) is 18.2 Å². The molecule has 0 saturated heterocycles. The number of hydrogen-bond acceptors (Lipinski definition) is 2. The highest BCUT2D eigenvalue weighted by Gasteiger charge is 2.36. The summed E-state index contributed by atoms with van der Waals surface area (Å²) in [5, 5.41) is 0. The molecule has 1 aliphatic rings. The lowest BCUT2D eigenvalue weighted by Gasteiger charge is -2.28. The van der Waals surface area contributed by atoms with E-state index in [4.69, 9.17) is 4.74 Å². The lowest BCUT2D eigenvalue weighted by Crippen LogP contribution is -2.37. The Bertz CT molecular complexity index is 618. The van der Waals surface area contributed by atoms with Crippen LogP contribution in [0.1, 0.15) is 57.2 Å². The molecule has 0 aliphatic carbocycles. The third-order valence-electron chi connectivity index (χ3n) is 3.97. The number of hydrogen-bond donors (Lipinski definition) is 0. The summed E-state index contributed by atoms with van der Waals surface area (Å²) < 4.78 is 45.5. The van der Waals surface area contributed by atoms with Gasteiger partial charge in [0.15, 0.2) is 0 Å². The summed E-state index contributed by atoms with van der Waals surface area (Å²) in [6.07, 6.45) is -2.50. The first-order chi connectivity index (χ1) is 11.0. The van der Waals surface area contributed by atoms with Crippen LogP contribution in [0.2, 0.25) is 0 Å². The maximum absolute atomic E-state index is 13.4. The normalized spacial score (nSPS) is 15.7. The molecule has 0 fully saturated rings. The summed E-state index contributed by atoms with van der Waals surface area (Å²) >= 11 is 0. The fourth-order valence-electron chi connectivity index (χ4n) is 2.90. The van der Waals surface area contributed by atoms with Crippen molar-refractivity contribution in [2.45, 2.75) is 65.2 Å². The van der Waals surface area contributed by atoms with Crippen LogP contribution >= 0.6 is 0 Å². The van der Waals surface area contributed by atoms with Crippen LogP contribution in [0.25, 0.3) is 0 Å². The molecule has 0 bridgehead atoms. The van der Waals surface area contributed by atoms with Gasteiger partial charge in [0.05, 0.1) is 11.3 Å². The van der Waals surface area contributed by atoms with E-state index in [2.05, 4.69) is 0 Å². The van der Waals surface area contributed by atoms with Crippen molar-refractivity contribution < 1.29 is 22.7 Å². The van der Waals surface area contributed by atoms with Crippen molar-refractivity contribution in [2.75, 3.05) is 11.4 Å². The summed E-state index contributed by atoms with van der Waals surface area (Å²) in [4.78, 5) is 13.8. The monoisotopic (exact) mass is 343 g/mol. The molecule has 3 nitrogen and oxygen atoms in total. The number of halogens is 3. The molecule has 1 aromatic rings. The van der Waals surface area contributed by atoms with E-state index in [1.165, 1.54) is 4.90 Å². The molecule has 1 amide bonds. The number of aryl methyl sites for hydroxylation is 2. The van der Waals surface area contributed by atoms with Crippen molar-refractivity contribution in [1.82, 2.24) is 0 Å². The van der Waals surface area contributed by atoms with Crippen molar-refractivity contribution in [3.8, 4) is 0 Å². The first kappa shape index (κ1) is 18.6. The number of rotatable bonds is 1. The van der Waals surface area contributed by atoms with Gasteiger partial charge in [0.1, 0.15) is 5.60 Å². The zero-order valence-electron chi connectivity index (χ0n) is 14.6. The third-order valence-corrected chi connectivity index (χ3v) is 3.97. The predicted molar refractivity (Wildman–Crippen MR) is 87.3 cm³/mol. The van der Waals surface area contributed by atoms with Gasteiger partial charge < -0.3 is 4.74 Å². The van der Waals surface area contributed by atoms with E-state index < -0.39 is 23.4 Å². The zero-order chi connectivity index (χ0) is 18.1. The Kier molecular flexibility index (Phi) is 5.16. The minimum absolute atomic E-state index is 0.271. The molecule has 0 aromatic heterocycles. The van der Waals surface area contributed by atoms with Crippen molar-refractivity contribution in [3.05, 3.63) is 28.8 Å². The van der Waals surface area contributed by atoms with E-state index in [0.717, 1.165) is 24.5 Å². The topological polar surface area (TPSA) is 29.5 Å². The summed E-state index contributed by atoms with van der Waals surface area (Å²) in [6.45, 7) is 7.30. The Hall–Kier alpha value is -1.72. The molecule has 1 heterocycles. The number of alkyl halides is 3. The number of amides is 1. The van der Waals surface area contributed by atoms with Gasteiger partial charge in [-0.1, -0.05) is 13.0 Å². The zero-order valence-corrected chi connectivity index (χ0v) is 14.6. The maximum Gasteiger partial charge on any atom is 0.416 e. The SMILES string of the molecule is CCc1cc2c(cc1C(F)(F)F)N(C(=O)OC(C)(C)C)CCCC2. The first-order valence-electron chi connectivity index (χ1n) is 8.26. The van der Waals surface area contributed by atoms with Crippen molar-refractivity contribution in [3.63, 3.8) is 0 Å². The summed E-state index contributed by atoms with van der Waals surface area (Å²) in [6, 6.07) is 2.71. The van der Waals surface area contributed by atoms with Crippen LogP contribution in [0.3, 0.4) is 0 Å². The number of anilines is 1. The molecule has 0 saturated carbocycles. The van der Waals surface area contributed by atoms with Gasteiger partial charge in [0.2, 0.25) is 0 Å². The Balaban J connectivity index is 2.51. The molecule has 1 aliphatic heterocycles. The summed E-state index contributed by atoms with van der Waals surface area (Å²) in [5.74, 6) is 0. The largest absolute Gasteiger partial charge is 0.443 e. The Labute approximate surface area is 140 Å². The number of carbonyl (C=O) groups excluding carboxylic acids is 1. The average molecular weight is 343 g/mol. The second kappa shape index (κ2) is 6.65.